The van der Waals surface area contributed by atoms with Crippen LogP contribution in [0.15, 0.2) is 24.5 Å². The number of hydrogen-bond acceptors (Lipinski definition) is 1. The highest BCUT2D eigenvalue weighted by atomic mass is 19.2. The second-order valence-corrected chi connectivity index (χ2v) is 5.44. The summed E-state index contributed by atoms with van der Waals surface area (Å²) in [5.41, 5.74) is 0.417. The molecule has 0 bridgehead atoms. The third-order valence-corrected chi connectivity index (χ3v) is 3.34. The quantitative estimate of drug-likeness (QED) is 0.561. The molecule has 0 spiro atoms. The van der Waals surface area contributed by atoms with E-state index in [-0.39, 0.29) is 5.75 Å². The second-order valence-electron chi connectivity index (χ2n) is 5.44. The van der Waals surface area contributed by atoms with E-state index in [2.05, 4.69) is 20.4 Å². The molecule has 1 aromatic carbocycles. The highest BCUT2D eigenvalue weighted by molar-refractivity contribution is 5.32. The molecule has 0 fully saturated rings. The van der Waals surface area contributed by atoms with Gasteiger partial charge in [-0.1, -0.05) is 45.8 Å². The van der Waals surface area contributed by atoms with Crippen molar-refractivity contribution >= 4 is 0 Å². The average molecular weight is 282 g/mol. The highest BCUT2D eigenvalue weighted by Crippen LogP contribution is 2.25. The number of benzene rings is 1. The van der Waals surface area contributed by atoms with Crippen molar-refractivity contribution in [2.45, 2.75) is 52.9 Å². The first kappa shape index (κ1) is 16.7. The molecular formula is C17H24F2O. The minimum atomic E-state index is -0.924. The van der Waals surface area contributed by atoms with Crippen molar-refractivity contribution in [3.63, 3.8) is 0 Å². The van der Waals surface area contributed by atoms with E-state index in [0.717, 1.165) is 19.3 Å². The smallest absolute Gasteiger partial charge is 0.201 e. The zero-order chi connectivity index (χ0) is 15.1. The lowest BCUT2D eigenvalue weighted by molar-refractivity contribution is 0.381. The third kappa shape index (κ3) is 4.95. The Balaban J connectivity index is 2.63. The van der Waals surface area contributed by atoms with Gasteiger partial charge in [0.25, 0.3) is 0 Å². The molecule has 0 heterocycles. The fourth-order valence-electron chi connectivity index (χ4n) is 2.31. The van der Waals surface area contributed by atoms with Gasteiger partial charge in [-0.15, -0.1) is 0 Å². The first-order chi connectivity index (χ1) is 9.45. The number of halogens is 2. The van der Waals surface area contributed by atoms with Crippen LogP contribution < -0.4 is 4.74 Å². The van der Waals surface area contributed by atoms with Crippen LogP contribution in [-0.2, 0) is 6.42 Å². The van der Waals surface area contributed by atoms with E-state index < -0.39 is 11.6 Å². The minimum Gasteiger partial charge on any atom is -0.459 e. The van der Waals surface area contributed by atoms with Gasteiger partial charge in [0, 0.05) is 0 Å². The standard InChI is InChI=1S/C17H24F2O/c1-5-7-13(4)8-6-9-14-10-11-15(20-12(2)3)17(19)16(14)18/h10-11,13H,2,5-9H2,1,3-4H3. The molecule has 1 aromatic rings. The third-order valence-electron chi connectivity index (χ3n) is 3.34. The van der Waals surface area contributed by atoms with Crippen molar-refractivity contribution in [1.29, 1.82) is 0 Å². The minimum absolute atomic E-state index is 0.0990. The van der Waals surface area contributed by atoms with Crippen molar-refractivity contribution in [3.8, 4) is 5.75 Å². The van der Waals surface area contributed by atoms with E-state index in [9.17, 15) is 8.78 Å². The Bertz CT molecular complexity index is 455. The molecule has 1 nitrogen and oxygen atoms in total. The molecular weight excluding hydrogens is 258 g/mol. The Morgan fingerprint density at radius 3 is 2.55 bits per heavy atom. The number of ether oxygens (including phenoxy) is 1. The van der Waals surface area contributed by atoms with Gasteiger partial charge in [-0.3, -0.25) is 0 Å². The zero-order valence-electron chi connectivity index (χ0n) is 12.6. The van der Waals surface area contributed by atoms with Crippen LogP contribution in [0.25, 0.3) is 0 Å². The molecule has 0 aliphatic rings. The Hall–Kier alpha value is -1.38. The summed E-state index contributed by atoms with van der Waals surface area (Å²) in [6.07, 6.45) is 4.82. The fourth-order valence-corrected chi connectivity index (χ4v) is 2.31. The van der Waals surface area contributed by atoms with Crippen LogP contribution in [0.3, 0.4) is 0 Å². The molecule has 1 unspecified atom stereocenters. The van der Waals surface area contributed by atoms with E-state index in [4.69, 9.17) is 4.74 Å². The summed E-state index contributed by atoms with van der Waals surface area (Å²) in [5, 5.41) is 0. The molecule has 0 saturated heterocycles. The summed E-state index contributed by atoms with van der Waals surface area (Å²) < 4.78 is 32.7. The first-order valence-electron chi connectivity index (χ1n) is 7.25. The molecule has 0 aliphatic carbocycles. The van der Waals surface area contributed by atoms with Crippen molar-refractivity contribution in [2.24, 2.45) is 5.92 Å². The summed E-state index contributed by atoms with van der Waals surface area (Å²) in [6, 6.07) is 3.07. The molecule has 112 valence electrons. The highest BCUT2D eigenvalue weighted by Gasteiger charge is 2.14. The van der Waals surface area contributed by atoms with E-state index in [1.54, 1.807) is 13.0 Å². The number of rotatable bonds is 8. The molecule has 20 heavy (non-hydrogen) atoms. The monoisotopic (exact) mass is 282 g/mol. The predicted molar refractivity (Wildman–Crippen MR) is 78.8 cm³/mol. The summed E-state index contributed by atoms with van der Waals surface area (Å²) >= 11 is 0. The summed E-state index contributed by atoms with van der Waals surface area (Å²) in [4.78, 5) is 0. The van der Waals surface area contributed by atoms with Crippen molar-refractivity contribution in [1.82, 2.24) is 0 Å². The summed E-state index contributed by atoms with van der Waals surface area (Å²) in [5.74, 6) is -0.847. The largest absolute Gasteiger partial charge is 0.459 e. The van der Waals surface area contributed by atoms with Crippen LogP contribution in [0, 0.1) is 17.6 Å². The Morgan fingerprint density at radius 1 is 1.25 bits per heavy atom. The van der Waals surface area contributed by atoms with E-state index in [0.29, 0.717) is 23.7 Å². The maximum atomic E-state index is 13.9. The van der Waals surface area contributed by atoms with Crippen LogP contribution >= 0.6 is 0 Å². The maximum absolute atomic E-state index is 13.9. The SMILES string of the molecule is C=C(C)Oc1ccc(CCCC(C)CCC)c(F)c1F. The van der Waals surface area contributed by atoms with Crippen LogP contribution in [0.1, 0.15) is 52.0 Å². The van der Waals surface area contributed by atoms with E-state index >= 15 is 0 Å². The van der Waals surface area contributed by atoms with Crippen LogP contribution in [0.2, 0.25) is 0 Å². The summed E-state index contributed by atoms with van der Waals surface area (Å²) in [6.45, 7) is 9.47. The molecule has 3 heteroatoms. The molecule has 0 aromatic heterocycles. The van der Waals surface area contributed by atoms with Crippen LogP contribution in [0.5, 0.6) is 5.75 Å². The Morgan fingerprint density at radius 2 is 1.95 bits per heavy atom. The Kier molecular flexibility index (Phi) is 6.69. The van der Waals surface area contributed by atoms with Gasteiger partial charge >= 0.3 is 0 Å². The number of hydrogen-bond donors (Lipinski definition) is 0. The normalized spacial score (nSPS) is 12.2. The van der Waals surface area contributed by atoms with Gasteiger partial charge in [0.15, 0.2) is 11.6 Å². The van der Waals surface area contributed by atoms with Gasteiger partial charge in [0.2, 0.25) is 5.82 Å². The second kappa shape index (κ2) is 8.03. The molecule has 1 rings (SSSR count). The van der Waals surface area contributed by atoms with Gasteiger partial charge in [-0.05, 0) is 37.3 Å². The zero-order valence-corrected chi connectivity index (χ0v) is 12.6. The lowest BCUT2D eigenvalue weighted by Crippen LogP contribution is -2.01. The van der Waals surface area contributed by atoms with Crippen molar-refractivity contribution in [3.05, 3.63) is 41.7 Å². The fraction of sp³-hybridized carbons (Fsp3) is 0.529. The molecule has 0 N–H and O–H groups in total. The Labute approximate surface area is 120 Å². The maximum Gasteiger partial charge on any atom is 0.201 e. The topological polar surface area (TPSA) is 9.23 Å². The van der Waals surface area contributed by atoms with Gasteiger partial charge in [0.1, 0.15) is 0 Å². The molecule has 0 saturated carbocycles. The summed E-state index contributed by atoms with van der Waals surface area (Å²) in [7, 11) is 0. The molecule has 1 atom stereocenters. The van der Waals surface area contributed by atoms with Crippen LogP contribution in [-0.4, -0.2) is 0 Å². The number of aryl methyl sites for hydroxylation is 1. The van der Waals surface area contributed by atoms with E-state index in [1.165, 1.54) is 12.5 Å². The van der Waals surface area contributed by atoms with Gasteiger partial charge in [-0.2, -0.15) is 4.39 Å². The van der Waals surface area contributed by atoms with Crippen molar-refractivity contribution < 1.29 is 13.5 Å². The number of allylic oxidation sites excluding steroid dienone is 1. The van der Waals surface area contributed by atoms with Gasteiger partial charge in [-0.25, -0.2) is 4.39 Å². The van der Waals surface area contributed by atoms with Gasteiger partial charge in [0.05, 0.1) is 5.76 Å². The lowest BCUT2D eigenvalue weighted by Gasteiger charge is -2.11. The molecule has 0 radical (unpaired) electrons. The lowest BCUT2D eigenvalue weighted by atomic mass is 9.97. The van der Waals surface area contributed by atoms with Gasteiger partial charge < -0.3 is 4.74 Å². The average Bonchev–Trinajstić information content (AvgIpc) is 2.37. The predicted octanol–water partition coefficient (Wildman–Crippen LogP) is 5.64. The van der Waals surface area contributed by atoms with Crippen LogP contribution in [0.4, 0.5) is 8.78 Å². The molecule has 0 amide bonds. The van der Waals surface area contributed by atoms with E-state index in [1.807, 2.05) is 0 Å². The molecule has 0 aliphatic heterocycles. The first-order valence-corrected chi connectivity index (χ1v) is 7.25. The van der Waals surface area contributed by atoms with Crippen molar-refractivity contribution in [2.75, 3.05) is 0 Å².